The molecule has 5 rings (SSSR count). The van der Waals surface area contributed by atoms with E-state index in [4.69, 9.17) is 9.72 Å². The maximum absolute atomic E-state index is 5.30. The highest BCUT2D eigenvalue weighted by Gasteiger charge is 2.18. The second-order valence-electron chi connectivity index (χ2n) is 6.48. The third-order valence-corrected chi connectivity index (χ3v) is 7.05. The van der Waals surface area contributed by atoms with E-state index in [0.717, 1.165) is 22.7 Å². The molecule has 0 bridgehead atoms. The normalized spacial score (nSPS) is 11.7. The number of methoxy groups -OCH3 is 1. The summed E-state index contributed by atoms with van der Waals surface area (Å²) in [6.45, 7) is 4.33. The van der Waals surface area contributed by atoms with Gasteiger partial charge in [-0.15, -0.1) is 22.7 Å². The minimum absolute atomic E-state index is 0.865. The highest BCUT2D eigenvalue weighted by Crippen LogP contribution is 2.44. The van der Waals surface area contributed by atoms with Gasteiger partial charge in [-0.1, -0.05) is 0 Å². The Morgan fingerprint density at radius 1 is 0.808 bits per heavy atom. The second-order valence-corrected chi connectivity index (χ2v) is 8.31. The summed E-state index contributed by atoms with van der Waals surface area (Å²) in [5.41, 5.74) is 4.52. The van der Waals surface area contributed by atoms with Gasteiger partial charge in [0.15, 0.2) is 0 Å². The van der Waals surface area contributed by atoms with Crippen LogP contribution in [0.2, 0.25) is 0 Å². The molecule has 0 aliphatic carbocycles. The van der Waals surface area contributed by atoms with Crippen LogP contribution in [0.3, 0.4) is 0 Å². The molecule has 0 amide bonds. The fraction of sp³-hybridized carbons (Fsp3) is 0.136. The fourth-order valence-corrected chi connectivity index (χ4v) is 5.85. The summed E-state index contributed by atoms with van der Waals surface area (Å²) in [4.78, 5) is 5.01. The summed E-state index contributed by atoms with van der Waals surface area (Å²) in [6.07, 6.45) is 0. The van der Waals surface area contributed by atoms with E-state index in [0.29, 0.717) is 0 Å². The highest BCUT2D eigenvalue weighted by atomic mass is 32.1. The Balaban J connectivity index is 1.93. The first kappa shape index (κ1) is 15.8. The van der Waals surface area contributed by atoms with Gasteiger partial charge in [-0.25, -0.2) is 0 Å². The minimum atomic E-state index is 0.865. The maximum atomic E-state index is 5.30. The number of thiophene rings is 2. The van der Waals surface area contributed by atoms with Gasteiger partial charge in [-0.05, 0) is 72.0 Å². The lowest BCUT2D eigenvalue weighted by atomic mass is 9.95. The predicted octanol–water partition coefficient (Wildman–Crippen LogP) is 6.96. The summed E-state index contributed by atoms with van der Waals surface area (Å²) in [6, 6.07) is 12.7. The van der Waals surface area contributed by atoms with Crippen molar-refractivity contribution in [1.29, 1.82) is 0 Å². The molecule has 0 spiro atoms. The number of fused-ring (bicyclic) bond motifs is 6. The molecule has 0 saturated carbocycles. The molecule has 0 radical (unpaired) electrons. The van der Waals surface area contributed by atoms with Crippen molar-refractivity contribution in [2.45, 2.75) is 13.8 Å². The number of benzene rings is 2. The number of pyridine rings is 1. The first-order valence-electron chi connectivity index (χ1n) is 8.50. The van der Waals surface area contributed by atoms with E-state index in [1.165, 1.54) is 36.5 Å². The zero-order valence-electron chi connectivity index (χ0n) is 14.8. The zero-order chi connectivity index (χ0) is 17.8. The number of nitrogens with zero attached hydrogens (tertiary/aromatic N) is 1. The second kappa shape index (κ2) is 5.79. The monoisotopic (exact) mass is 375 g/mol. The van der Waals surface area contributed by atoms with Gasteiger partial charge in [-0.3, -0.25) is 4.98 Å². The molecule has 0 fully saturated rings. The maximum Gasteiger partial charge on any atom is 0.118 e. The van der Waals surface area contributed by atoms with Gasteiger partial charge >= 0.3 is 0 Å². The van der Waals surface area contributed by atoms with Gasteiger partial charge in [0.1, 0.15) is 5.75 Å². The molecule has 0 saturated heterocycles. The van der Waals surface area contributed by atoms with Crippen molar-refractivity contribution in [3.05, 3.63) is 58.4 Å². The number of aromatic nitrogens is 1. The van der Waals surface area contributed by atoms with Crippen molar-refractivity contribution >= 4 is 53.6 Å². The van der Waals surface area contributed by atoms with Gasteiger partial charge in [0.2, 0.25) is 0 Å². The van der Waals surface area contributed by atoms with E-state index >= 15 is 0 Å². The van der Waals surface area contributed by atoms with Gasteiger partial charge in [0.25, 0.3) is 0 Å². The van der Waals surface area contributed by atoms with Crippen molar-refractivity contribution in [3.63, 3.8) is 0 Å². The minimum Gasteiger partial charge on any atom is -0.497 e. The lowest BCUT2D eigenvalue weighted by Crippen LogP contribution is -1.95. The molecule has 0 aliphatic heterocycles. The summed E-state index contributed by atoms with van der Waals surface area (Å²) >= 11 is 3.66. The first-order chi connectivity index (χ1) is 12.7. The fourth-order valence-electron chi connectivity index (χ4n) is 3.85. The van der Waals surface area contributed by atoms with Gasteiger partial charge < -0.3 is 4.74 Å². The average Bonchev–Trinajstić information content (AvgIpc) is 3.32. The van der Waals surface area contributed by atoms with Crippen molar-refractivity contribution in [3.8, 4) is 17.0 Å². The third-order valence-electron chi connectivity index (χ3n) is 5.06. The van der Waals surface area contributed by atoms with Crippen molar-refractivity contribution in [2.24, 2.45) is 0 Å². The Morgan fingerprint density at radius 3 is 2.04 bits per heavy atom. The molecule has 5 aromatic rings. The molecule has 26 heavy (non-hydrogen) atoms. The Morgan fingerprint density at radius 2 is 1.42 bits per heavy atom. The summed E-state index contributed by atoms with van der Waals surface area (Å²) in [5.74, 6) is 0.865. The Bertz CT molecular complexity index is 1280. The molecule has 4 heteroatoms. The number of ether oxygens (including phenoxy) is 1. The quantitative estimate of drug-likeness (QED) is 0.333. The van der Waals surface area contributed by atoms with Gasteiger partial charge in [0, 0.05) is 27.4 Å². The number of hydrogen-bond acceptors (Lipinski definition) is 4. The van der Waals surface area contributed by atoms with E-state index in [1.807, 2.05) is 34.8 Å². The van der Waals surface area contributed by atoms with Crippen molar-refractivity contribution in [2.75, 3.05) is 7.11 Å². The Labute approximate surface area is 159 Å². The van der Waals surface area contributed by atoms with Crippen LogP contribution in [0, 0.1) is 13.8 Å². The molecule has 2 nitrogen and oxygen atoms in total. The smallest absolute Gasteiger partial charge is 0.118 e. The van der Waals surface area contributed by atoms with E-state index in [9.17, 15) is 0 Å². The molecule has 128 valence electrons. The van der Waals surface area contributed by atoms with Crippen LogP contribution < -0.4 is 4.74 Å². The molecular formula is C22H17NOS2. The molecule has 2 aromatic carbocycles. The third kappa shape index (κ3) is 2.12. The van der Waals surface area contributed by atoms with Crippen LogP contribution in [-0.4, -0.2) is 12.1 Å². The standard InChI is InChI=1S/C22H17NOS2/c1-12-18-16-8-10-25-21(16)22-17(9-11-26-22)19(18)13(2)23-20(12)14-4-6-15(24-3)7-5-14/h4-11H,1-3H3. The van der Waals surface area contributed by atoms with E-state index < -0.39 is 0 Å². The molecule has 0 N–H and O–H groups in total. The number of aryl methyl sites for hydroxylation is 2. The lowest BCUT2D eigenvalue weighted by Gasteiger charge is -2.14. The van der Waals surface area contributed by atoms with Crippen LogP contribution in [0.25, 0.3) is 42.2 Å². The summed E-state index contributed by atoms with van der Waals surface area (Å²) in [7, 11) is 1.69. The predicted molar refractivity (Wildman–Crippen MR) is 114 cm³/mol. The topological polar surface area (TPSA) is 22.1 Å². The van der Waals surface area contributed by atoms with E-state index in [2.05, 4.69) is 48.9 Å². The first-order valence-corrected chi connectivity index (χ1v) is 10.3. The largest absolute Gasteiger partial charge is 0.497 e. The average molecular weight is 376 g/mol. The van der Waals surface area contributed by atoms with Crippen LogP contribution in [0.4, 0.5) is 0 Å². The van der Waals surface area contributed by atoms with Crippen LogP contribution in [0.5, 0.6) is 5.75 Å². The molecule has 0 unspecified atom stereocenters. The lowest BCUT2D eigenvalue weighted by molar-refractivity contribution is 0.415. The SMILES string of the molecule is COc1ccc(-c2nc(C)c3c4ccsc4c4sccc4c3c2C)cc1. The number of hydrogen-bond donors (Lipinski definition) is 0. The summed E-state index contributed by atoms with van der Waals surface area (Å²) in [5, 5.41) is 9.69. The number of rotatable bonds is 2. The molecule has 0 aliphatic rings. The van der Waals surface area contributed by atoms with Gasteiger partial charge in [0.05, 0.1) is 22.2 Å². The Hall–Kier alpha value is -2.43. The Kier molecular flexibility index (Phi) is 3.52. The molecular weight excluding hydrogens is 358 g/mol. The van der Waals surface area contributed by atoms with Crippen molar-refractivity contribution < 1.29 is 4.74 Å². The molecule has 3 aromatic heterocycles. The van der Waals surface area contributed by atoms with Gasteiger partial charge in [-0.2, -0.15) is 0 Å². The van der Waals surface area contributed by atoms with Crippen molar-refractivity contribution in [1.82, 2.24) is 4.98 Å². The van der Waals surface area contributed by atoms with Crippen LogP contribution in [-0.2, 0) is 0 Å². The highest BCUT2D eigenvalue weighted by molar-refractivity contribution is 7.25. The van der Waals surface area contributed by atoms with Crippen LogP contribution in [0.1, 0.15) is 11.3 Å². The molecule has 0 atom stereocenters. The van der Waals surface area contributed by atoms with E-state index in [-0.39, 0.29) is 0 Å². The van der Waals surface area contributed by atoms with Crippen LogP contribution >= 0.6 is 22.7 Å². The summed E-state index contributed by atoms with van der Waals surface area (Å²) < 4.78 is 8.06. The molecule has 3 heterocycles. The zero-order valence-corrected chi connectivity index (χ0v) is 16.4. The van der Waals surface area contributed by atoms with E-state index in [1.54, 1.807) is 7.11 Å². The van der Waals surface area contributed by atoms with Crippen LogP contribution in [0.15, 0.2) is 47.2 Å².